The first-order valence-electron chi connectivity index (χ1n) is 19.8. The third-order valence-corrected chi connectivity index (χ3v) is 9.21. The molecule has 2 atom stereocenters. The van der Waals surface area contributed by atoms with Gasteiger partial charge in [0.05, 0.1) is 12.5 Å². The lowest BCUT2D eigenvalue weighted by Crippen LogP contribution is -2.32. The molecule has 0 heterocycles. The predicted molar refractivity (Wildman–Crippen MR) is 190 cm³/mol. The average Bonchev–Trinajstić information content (AvgIpc) is 3.01. The van der Waals surface area contributed by atoms with E-state index >= 15 is 0 Å². The van der Waals surface area contributed by atoms with Gasteiger partial charge in [-0.3, -0.25) is 4.79 Å². The van der Waals surface area contributed by atoms with Gasteiger partial charge in [-0.25, -0.2) is 4.79 Å². The Morgan fingerprint density at radius 1 is 0.432 bits per heavy atom. The minimum absolute atomic E-state index is 0.241. The molecule has 0 rings (SSSR count). The zero-order valence-corrected chi connectivity index (χ0v) is 30.6. The minimum atomic E-state index is -0.758. The van der Waals surface area contributed by atoms with Gasteiger partial charge >= 0.3 is 11.9 Å². The Morgan fingerprint density at radius 2 is 0.750 bits per heavy atom. The van der Waals surface area contributed by atoms with Crippen molar-refractivity contribution >= 4 is 11.9 Å². The fourth-order valence-corrected chi connectivity index (χ4v) is 6.06. The molecule has 4 nitrogen and oxygen atoms in total. The summed E-state index contributed by atoms with van der Waals surface area (Å²) in [4.78, 5) is 25.6. The van der Waals surface area contributed by atoms with Gasteiger partial charge in [-0.2, -0.15) is 0 Å². The Kier molecular flexibility index (Phi) is 32.5. The molecule has 44 heavy (non-hydrogen) atoms. The molecule has 0 aliphatic rings. The van der Waals surface area contributed by atoms with Crippen molar-refractivity contribution < 1.29 is 19.1 Å². The molecule has 0 radical (unpaired) electrons. The van der Waals surface area contributed by atoms with Crippen molar-refractivity contribution in [2.75, 3.05) is 6.61 Å². The highest BCUT2D eigenvalue weighted by Crippen LogP contribution is 2.21. The zero-order valence-electron chi connectivity index (χ0n) is 30.6. The number of esters is 2. The topological polar surface area (TPSA) is 52.6 Å². The molecule has 262 valence electrons. The summed E-state index contributed by atoms with van der Waals surface area (Å²) in [6, 6.07) is 0. The van der Waals surface area contributed by atoms with Gasteiger partial charge in [-0.05, 0) is 31.6 Å². The fourth-order valence-electron chi connectivity index (χ4n) is 6.06. The average molecular weight is 623 g/mol. The van der Waals surface area contributed by atoms with Crippen molar-refractivity contribution in [3.63, 3.8) is 0 Å². The van der Waals surface area contributed by atoms with Gasteiger partial charge in [-0.1, -0.05) is 195 Å². The predicted octanol–water partition coefficient (Wildman–Crippen LogP) is 13.1. The van der Waals surface area contributed by atoms with Crippen LogP contribution in [-0.4, -0.2) is 24.6 Å². The molecule has 0 aromatic heterocycles. The highest BCUT2D eigenvalue weighted by molar-refractivity contribution is 5.80. The van der Waals surface area contributed by atoms with Crippen LogP contribution in [0, 0.1) is 11.8 Å². The van der Waals surface area contributed by atoms with Gasteiger partial charge < -0.3 is 9.47 Å². The quantitative estimate of drug-likeness (QED) is 0.0529. The van der Waals surface area contributed by atoms with Gasteiger partial charge in [0.25, 0.3) is 0 Å². The van der Waals surface area contributed by atoms with Crippen LogP contribution in [0.1, 0.15) is 221 Å². The number of carbonyl (C=O) groups is 2. The van der Waals surface area contributed by atoms with Gasteiger partial charge in [0.2, 0.25) is 0 Å². The molecular formula is C40H78O4. The summed E-state index contributed by atoms with van der Waals surface area (Å²) in [5.41, 5.74) is 0. The van der Waals surface area contributed by atoms with Gasteiger partial charge in [0, 0.05) is 0 Å². The standard InChI is InChI=1S/C40H78O4/c1-6-9-12-15-18-20-21-22-23-25-28-31-34-38(44-39(41)36(4)5)40(42)43-35-37(32-29-26-17-14-11-8-3)33-30-27-24-19-16-13-10-7-2/h36-38H,6-35H2,1-5H3. The van der Waals surface area contributed by atoms with Gasteiger partial charge in [0.1, 0.15) is 0 Å². The van der Waals surface area contributed by atoms with Crippen LogP contribution >= 0.6 is 0 Å². The van der Waals surface area contributed by atoms with E-state index in [9.17, 15) is 9.59 Å². The lowest BCUT2D eigenvalue weighted by atomic mass is 9.94. The Labute approximate surface area is 276 Å². The highest BCUT2D eigenvalue weighted by atomic mass is 16.6. The van der Waals surface area contributed by atoms with E-state index in [1.807, 2.05) is 13.8 Å². The van der Waals surface area contributed by atoms with Crippen LogP contribution in [0.15, 0.2) is 0 Å². The molecule has 0 aromatic rings. The van der Waals surface area contributed by atoms with Crippen LogP contribution in [-0.2, 0) is 19.1 Å². The molecule has 2 unspecified atom stereocenters. The second kappa shape index (κ2) is 33.3. The second-order valence-electron chi connectivity index (χ2n) is 14.1. The summed E-state index contributed by atoms with van der Waals surface area (Å²) in [5.74, 6) is -0.451. The Hall–Kier alpha value is -1.06. The van der Waals surface area contributed by atoms with Crippen LogP contribution in [0.3, 0.4) is 0 Å². The first-order valence-corrected chi connectivity index (χ1v) is 19.8. The first-order chi connectivity index (χ1) is 21.5. The third kappa shape index (κ3) is 28.4. The Bertz CT molecular complexity index is 616. The van der Waals surface area contributed by atoms with Crippen LogP contribution in [0.25, 0.3) is 0 Å². The third-order valence-electron chi connectivity index (χ3n) is 9.21. The second-order valence-corrected chi connectivity index (χ2v) is 14.1. The van der Waals surface area contributed by atoms with Crippen molar-refractivity contribution in [1.82, 2.24) is 0 Å². The fraction of sp³-hybridized carbons (Fsp3) is 0.950. The first kappa shape index (κ1) is 42.9. The monoisotopic (exact) mass is 623 g/mol. The molecule has 0 bridgehead atoms. The van der Waals surface area contributed by atoms with E-state index in [1.165, 1.54) is 154 Å². The summed E-state index contributed by atoms with van der Waals surface area (Å²) in [7, 11) is 0. The van der Waals surface area contributed by atoms with Gasteiger partial charge in [-0.15, -0.1) is 0 Å². The van der Waals surface area contributed by atoms with Crippen LogP contribution < -0.4 is 0 Å². The summed E-state index contributed by atoms with van der Waals surface area (Å²) in [5, 5.41) is 0. The smallest absolute Gasteiger partial charge is 0.347 e. The lowest BCUT2D eigenvalue weighted by molar-refractivity contribution is -0.171. The molecule has 0 amide bonds. The van der Waals surface area contributed by atoms with E-state index < -0.39 is 6.10 Å². The maximum atomic E-state index is 13.2. The Balaban J connectivity index is 4.60. The molecule has 0 N–H and O–H groups in total. The van der Waals surface area contributed by atoms with E-state index in [1.54, 1.807) is 0 Å². The van der Waals surface area contributed by atoms with Crippen LogP contribution in [0.2, 0.25) is 0 Å². The summed E-state index contributed by atoms with van der Waals surface area (Å²) >= 11 is 0. The van der Waals surface area contributed by atoms with Crippen molar-refractivity contribution in [3.8, 4) is 0 Å². The van der Waals surface area contributed by atoms with Crippen LogP contribution in [0.4, 0.5) is 0 Å². The molecule has 0 saturated carbocycles. The largest absolute Gasteiger partial charge is 0.463 e. The lowest BCUT2D eigenvalue weighted by Gasteiger charge is -2.21. The summed E-state index contributed by atoms with van der Waals surface area (Å²) in [6.45, 7) is 10.9. The molecule has 0 spiro atoms. The Morgan fingerprint density at radius 3 is 1.09 bits per heavy atom. The maximum absolute atomic E-state index is 13.2. The highest BCUT2D eigenvalue weighted by Gasteiger charge is 2.26. The number of rotatable bonds is 34. The molecular weight excluding hydrogens is 544 g/mol. The van der Waals surface area contributed by atoms with Crippen molar-refractivity contribution in [2.24, 2.45) is 11.8 Å². The van der Waals surface area contributed by atoms with E-state index in [2.05, 4.69) is 20.8 Å². The van der Waals surface area contributed by atoms with Crippen LogP contribution in [0.5, 0.6) is 0 Å². The zero-order chi connectivity index (χ0) is 32.5. The van der Waals surface area contributed by atoms with Gasteiger partial charge in [0.15, 0.2) is 6.10 Å². The number of ether oxygens (including phenoxy) is 2. The number of hydrogen-bond donors (Lipinski definition) is 0. The molecule has 0 aliphatic heterocycles. The summed E-state index contributed by atoms with van der Waals surface area (Å²) < 4.78 is 11.6. The van der Waals surface area contributed by atoms with Crippen molar-refractivity contribution in [3.05, 3.63) is 0 Å². The molecule has 0 fully saturated rings. The maximum Gasteiger partial charge on any atom is 0.347 e. The van der Waals surface area contributed by atoms with E-state index in [4.69, 9.17) is 9.47 Å². The molecule has 0 aliphatic carbocycles. The van der Waals surface area contributed by atoms with Crippen molar-refractivity contribution in [1.29, 1.82) is 0 Å². The SMILES string of the molecule is CCCCCCCCCCCCCCC(OC(=O)C(C)C)C(=O)OCC(CCCCCCCC)CCCCCCCCCC. The minimum Gasteiger partial charge on any atom is -0.463 e. The summed E-state index contributed by atoms with van der Waals surface area (Å²) in [6.07, 6.45) is 35.7. The molecule has 0 saturated heterocycles. The van der Waals surface area contributed by atoms with E-state index in [-0.39, 0.29) is 17.9 Å². The van der Waals surface area contributed by atoms with E-state index in [0.29, 0.717) is 18.9 Å². The normalized spacial score (nSPS) is 12.9. The number of hydrogen-bond acceptors (Lipinski definition) is 4. The number of unbranched alkanes of at least 4 members (excludes halogenated alkanes) is 23. The van der Waals surface area contributed by atoms with Crippen molar-refractivity contribution in [2.45, 2.75) is 227 Å². The number of carbonyl (C=O) groups excluding carboxylic acids is 2. The molecule has 4 heteroatoms. The van der Waals surface area contributed by atoms with E-state index in [0.717, 1.165) is 25.7 Å². The molecule has 0 aromatic carbocycles.